The van der Waals surface area contributed by atoms with E-state index in [2.05, 4.69) is 19.8 Å². The molecule has 0 spiro atoms. The zero-order valence-corrected chi connectivity index (χ0v) is 20.5. The molecule has 2 aromatic rings. The minimum absolute atomic E-state index is 0.0194. The van der Waals surface area contributed by atoms with Crippen molar-refractivity contribution in [3.8, 4) is 0 Å². The SMILES string of the molecule is CSCON=C(C(=O)NC1C(=O)N2C(C(=O)O)=C(Cn3ccc[n+]3C)CS[C@H]12)c1nsc(N)n1. The van der Waals surface area contributed by atoms with Gasteiger partial charge in [-0.25, -0.2) is 4.79 Å². The summed E-state index contributed by atoms with van der Waals surface area (Å²) in [5.74, 6) is -1.87. The van der Waals surface area contributed by atoms with Crippen molar-refractivity contribution in [3.05, 3.63) is 35.6 Å². The Hall–Kier alpha value is -3.11. The van der Waals surface area contributed by atoms with Crippen LogP contribution in [0.15, 0.2) is 34.9 Å². The van der Waals surface area contributed by atoms with Crippen LogP contribution in [-0.4, -0.2) is 76.9 Å². The molecule has 2 atom stereocenters. The summed E-state index contributed by atoms with van der Waals surface area (Å²) in [7, 11) is 1.84. The maximum Gasteiger partial charge on any atom is 0.352 e. The molecule has 0 radical (unpaired) electrons. The van der Waals surface area contributed by atoms with Crippen LogP contribution >= 0.6 is 35.1 Å². The van der Waals surface area contributed by atoms with E-state index in [9.17, 15) is 19.5 Å². The number of anilines is 1. The lowest BCUT2D eigenvalue weighted by atomic mass is 10.0. The maximum atomic E-state index is 12.9. The molecule has 34 heavy (non-hydrogen) atoms. The molecule has 180 valence electrons. The molecular weight excluding hydrogens is 504 g/mol. The number of carbonyl (C=O) groups is 3. The standard InChI is InChI=1S/C18H20N8O5S3/c1-24-4-3-5-25(24)6-9-7-33-16-11(15(28)26(16)12(9)17(29)30)20-14(27)10(22-31-8-32-2)13-21-18(19)34-23-13/h3-5,11,16H,6-8H2,1-2H3,(H3-,19,20,21,23,27,29,30)/p+1/t11?,16-/m1/s1. The van der Waals surface area contributed by atoms with E-state index in [1.54, 1.807) is 6.26 Å². The van der Waals surface area contributed by atoms with Gasteiger partial charge in [-0.1, -0.05) is 5.16 Å². The van der Waals surface area contributed by atoms with Gasteiger partial charge in [0.05, 0.1) is 6.20 Å². The third kappa shape index (κ3) is 4.60. The van der Waals surface area contributed by atoms with Crippen LogP contribution < -0.4 is 15.7 Å². The summed E-state index contributed by atoms with van der Waals surface area (Å²) in [5, 5.41) is 15.9. The van der Waals surface area contributed by atoms with Crippen LogP contribution in [0.25, 0.3) is 0 Å². The number of hydrogen-bond acceptors (Lipinski definition) is 11. The van der Waals surface area contributed by atoms with Crippen molar-refractivity contribution in [2.45, 2.75) is 18.0 Å². The Morgan fingerprint density at radius 3 is 2.91 bits per heavy atom. The molecule has 4 rings (SSSR count). The fourth-order valence-corrected chi connectivity index (χ4v) is 5.41. The van der Waals surface area contributed by atoms with Crippen molar-refractivity contribution in [1.82, 2.24) is 24.3 Å². The monoisotopic (exact) mass is 525 g/mol. The number of carboxylic acid groups (broad SMARTS) is 1. The van der Waals surface area contributed by atoms with E-state index in [-0.39, 0.29) is 28.3 Å². The van der Waals surface area contributed by atoms with Crippen molar-refractivity contribution in [1.29, 1.82) is 0 Å². The van der Waals surface area contributed by atoms with Gasteiger partial charge in [0.25, 0.3) is 11.8 Å². The van der Waals surface area contributed by atoms with Crippen LogP contribution in [0.2, 0.25) is 0 Å². The number of hydrogen-bond donors (Lipinski definition) is 3. The lowest BCUT2D eigenvalue weighted by Crippen LogP contribution is -2.71. The molecule has 0 saturated carbocycles. The molecule has 0 bridgehead atoms. The number of nitrogen functional groups attached to an aromatic ring is 1. The topological polar surface area (TPSA) is 169 Å². The number of aryl methyl sites for hydroxylation is 1. The minimum Gasteiger partial charge on any atom is -0.477 e. The lowest BCUT2D eigenvalue weighted by molar-refractivity contribution is -0.752. The van der Waals surface area contributed by atoms with Crippen LogP contribution in [0, 0.1) is 0 Å². The molecule has 13 nitrogen and oxygen atoms in total. The van der Waals surface area contributed by atoms with E-state index >= 15 is 0 Å². The first kappa shape index (κ1) is 24.0. The highest BCUT2D eigenvalue weighted by molar-refractivity contribution is 8.00. The fourth-order valence-electron chi connectivity index (χ4n) is 3.49. The smallest absolute Gasteiger partial charge is 0.352 e. The van der Waals surface area contributed by atoms with E-state index in [1.807, 2.05) is 34.9 Å². The van der Waals surface area contributed by atoms with Gasteiger partial charge in [-0.15, -0.1) is 28.2 Å². The van der Waals surface area contributed by atoms with Crippen molar-refractivity contribution in [2.75, 3.05) is 23.7 Å². The third-order valence-electron chi connectivity index (χ3n) is 5.05. The number of carboxylic acids is 1. The Labute approximate surface area is 206 Å². The fraction of sp³-hybridized carbons (Fsp3) is 0.389. The summed E-state index contributed by atoms with van der Waals surface area (Å²) in [6.45, 7) is 0.326. The van der Waals surface area contributed by atoms with Crippen LogP contribution in [0.3, 0.4) is 0 Å². The molecule has 2 amide bonds. The number of rotatable bonds is 9. The molecule has 1 unspecified atom stereocenters. The van der Waals surface area contributed by atoms with Crippen molar-refractivity contribution in [2.24, 2.45) is 12.2 Å². The summed E-state index contributed by atoms with van der Waals surface area (Å²) in [4.78, 5) is 48.2. The molecular formula is C18H21N8O5S3+. The van der Waals surface area contributed by atoms with Gasteiger partial charge in [0.1, 0.15) is 23.7 Å². The number of β-lactam (4-membered cyclic amide) rings is 1. The maximum absolute atomic E-state index is 12.9. The number of nitrogens with zero attached hydrogens (tertiary/aromatic N) is 6. The molecule has 16 heteroatoms. The largest absolute Gasteiger partial charge is 0.477 e. The van der Waals surface area contributed by atoms with E-state index in [0.29, 0.717) is 17.9 Å². The normalized spacial score (nSPS) is 20.1. The number of nitrogens with two attached hydrogens (primary N) is 1. The van der Waals surface area contributed by atoms with E-state index in [0.717, 1.165) is 11.5 Å². The Balaban J connectivity index is 1.53. The minimum atomic E-state index is -1.19. The number of aliphatic carboxylic acids is 1. The average Bonchev–Trinajstić information content (AvgIpc) is 3.42. The van der Waals surface area contributed by atoms with Crippen molar-refractivity contribution >= 4 is 63.7 Å². The van der Waals surface area contributed by atoms with Crippen molar-refractivity contribution in [3.63, 3.8) is 0 Å². The van der Waals surface area contributed by atoms with Crippen molar-refractivity contribution < 1.29 is 29.0 Å². The quantitative estimate of drug-likeness (QED) is 0.0943. The molecule has 0 aliphatic carbocycles. The highest BCUT2D eigenvalue weighted by atomic mass is 32.2. The Morgan fingerprint density at radius 2 is 2.29 bits per heavy atom. The molecule has 4 N–H and O–H groups in total. The van der Waals surface area contributed by atoms with Gasteiger partial charge in [-0.2, -0.15) is 14.0 Å². The molecule has 1 saturated heterocycles. The van der Waals surface area contributed by atoms with Gasteiger partial charge in [0, 0.05) is 23.4 Å². The predicted molar refractivity (Wildman–Crippen MR) is 126 cm³/mol. The molecule has 0 aromatic carbocycles. The first-order valence-corrected chi connectivity index (χ1v) is 13.0. The number of carbonyl (C=O) groups excluding carboxylic acids is 2. The zero-order valence-electron chi connectivity index (χ0n) is 18.1. The highest BCUT2D eigenvalue weighted by Gasteiger charge is 2.54. The summed E-state index contributed by atoms with van der Waals surface area (Å²) < 4.78 is 7.66. The average molecular weight is 526 g/mol. The summed E-state index contributed by atoms with van der Waals surface area (Å²) in [6.07, 6.45) is 5.46. The van der Waals surface area contributed by atoms with Gasteiger partial charge in [0.2, 0.25) is 11.5 Å². The number of oxime groups is 1. The Kier molecular flexibility index (Phi) is 7.08. The van der Waals surface area contributed by atoms with Crippen LogP contribution in [0.4, 0.5) is 5.13 Å². The van der Waals surface area contributed by atoms with E-state index < -0.39 is 29.2 Å². The van der Waals surface area contributed by atoms with Gasteiger partial charge >= 0.3 is 5.97 Å². The van der Waals surface area contributed by atoms with Crippen LogP contribution in [0.5, 0.6) is 0 Å². The van der Waals surface area contributed by atoms with E-state index in [4.69, 9.17) is 10.6 Å². The zero-order chi connectivity index (χ0) is 24.4. The lowest BCUT2D eigenvalue weighted by Gasteiger charge is -2.49. The Bertz CT molecular complexity index is 1190. The highest BCUT2D eigenvalue weighted by Crippen LogP contribution is 2.40. The number of aromatic nitrogens is 4. The molecule has 4 heterocycles. The molecule has 2 aliphatic heterocycles. The molecule has 1 fully saturated rings. The second-order valence-corrected chi connectivity index (χ2v) is 9.91. The Morgan fingerprint density at radius 1 is 1.50 bits per heavy atom. The number of thioether (sulfide) groups is 2. The second kappa shape index (κ2) is 10.0. The van der Waals surface area contributed by atoms with Gasteiger partial charge in [-0.05, 0) is 11.8 Å². The summed E-state index contributed by atoms with van der Waals surface area (Å²) in [5.41, 5.74) is 5.95. The molecule has 2 aliphatic rings. The number of nitrogens with one attached hydrogen (secondary N) is 1. The van der Waals surface area contributed by atoms with E-state index in [1.165, 1.54) is 28.4 Å². The first-order valence-electron chi connectivity index (χ1n) is 9.82. The number of fused-ring (bicyclic) bond motifs is 1. The number of amides is 2. The second-order valence-electron chi connectivity index (χ2n) is 7.21. The first-order chi connectivity index (χ1) is 16.3. The van der Waals surface area contributed by atoms with Gasteiger partial charge in [0.15, 0.2) is 24.3 Å². The summed E-state index contributed by atoms with van der Waals surface area (Å²) >= 11 is 3.63. The van der Waals surface area contributed by atoms with Gasteiger partial charge < -0.3 is 21.0 Å². The predicted octanol–water partition coefficient (Wildman–Crippen LogP) is -0.774. The third-order valence-corrected chi connectivity index (χ3v) is 7.27. The summed E-state index contributed by atoms with van der Waals surface area (Å²) in [6, 6.07) is 0.908. The van der Waals surface area contributed by atoms with Crippen LogP contribution in [-0.2, 0) is 32.8 Å². The van der Waals surface area contributed by atoms with Crippen LogP contribution in [0.1, 0.15) is 5.82 Å². The van der Waals surface area contributed by atoms with Gasteiger partial charge in [-0.3, -0.25) is 14.5 Å². The molecule has 2 aromatic heterocycles.